The van der Waals surface area contributed by atoms with E-state index in [4.69, 9.17) is 10.8 Å². The molecular formula is C15H29NO2. The summed E-state index contributed by atoms with van der Waals surface area (Å²) < 4.78 is 0. The fourth-order valence-electron chi connectivity index (χ4n) is 2.97. The van der Waals surface area contributed by atoms with Crippen molar-refractivity contribution in [2.24, 2.45) is 23.5 Å². The largest absolute Gasteiger partial charge is 0.481 e. The molecule has 3 nitrogen and oxygen atoms in total. The highest BCUT2D eigenvalue weighted by molar-refractivity contribution is 5.70. The fraction of sp³-hybridized carbons (Fsp3) is 0.933. The van der Waals surface area contributed by atoms with Gasteiger partial charge in [0.2, 0.25) is 0 Å². The van der Waals surface area contributed by atoms with Gasteiger partial charge in [0.05, 0.1) is 5.92 Å². The van der Waals surface area contributed by atoms with E-state index in [9.17, 15) is 4.79 Å². The summed E-state index contributed by atoms with van der Waals surface area (Å²) in [6.45, 7) is 2.52. The molecule has 1 fully saturated rings. The summed E-state index contributed by atoms with van der Waals surface area (Å²) >= 11 is 0. The third-order valence-corrected chi connectivity index (χ3v) is 4.43. The Bertz CT molecular complexity index is 237. The maximum absolute atomic E-state index is 10.9. The molecule has 0 saturated heterocycles. The molecule has 1 saturated carbocycles. The van der Waals surface area contributed by atoms with E-state index in [0.29, 0.717) is 5.92 Å². The molecule has 2 atom stereocenters. The number of nitrogens with two attached hydrogens (primary N) is 1. The van der Waals surface area contributed by atoms with Crippen LogP contribution in [0.1, 0.15) is 64.7 Å². The lowest BCUT2D eigenvalue weighted by Crippen LogP contribution is -2.23. The van der Waals surface area contributed by atoms with Crippen molar-refractivity contribution in [1.29, 1.82) is 0 Å². The predicted molar refractivity (Wildman–Crippen MR) is 74.4 cm³/mol. The molecule has 1 rings (SSSR count). The Morgan fingerprint density at radius 3 is 2.44 bits per heavy atom. The summed E-state index contributed by atoms with van der Waals surface area (Å²) in [5.41, 5.74) is 5.47. The minimum Gasteiger partial charge on any atom is -0.481 e. The summed E-state index contributed by atoms with van der Waals surface area (Å²) in [7, 11) is 0. The van der Waals surface area contributed by atoms with E-state index in [2.05, 4.69) is 6.92 Å². The van der Waals surface area contributed by atoms with Gasteiger partial charge in [0.15, 0.2) is 0 Å². The van der Waals surface area contributed by atoms with E-state index in [-0.39, 0.29) is 12.5 Å². The molecule has 18 heavy (non-hydrogen) atoms. The third-order valence-electron chi connectivity index (χ3n) is 4.43. The summed E-state index contributed by atoms with van der Waals surface area (Å²) in [5.74, 6) is 0.491. The average molecular weight is 255 g/mol. The normalized spacial score (nSPS) is 20.6. The van der Waals surface area contributed by atoms with Crippen molar-refractivity contribution in [2.45, 2.75) is 64.7 Å². The predicted octanol–water partition coefficient (Wildman–Crippen LogP) is 3.42. The molecule has 3 heteroatoms. The van der Waals surface area contributed by atoms with E-state index in [0.717, 1.165) is 18.8 Å². The molecule has 0 spiro atoms. The Kier molecular flexibility index (Phi) is 7.33. The molecule has 0 aliphatic heterocycles. The van der Waals surface area contributed by atoms with E-state index in [1.165, 1.54) is 44.9 Å². The third kappa shape index (κ3) is 5.85. The second-order valence-electron chi connectivity index (χ2n) is 6.03. The first-order valence-electron chi connectivity index (χ1n) is 7.56. The van der Waals surface area contributed by atoms with Gasteiger partial charge in [-0.15, -0.1) is 0 Å². The van der Waals surface area contributed by atoms with Crippen LogP contribution in [0, 0.1) is 17.8 Å². The monoisotopic (exact) mass is 255 g/mol. The van der Waals surface area contributed by atoms with Crippen LogP contribution in [0.5, 0.6) is 0 Å². The second-order valence-corrected chi connectivity index (χ2v) is 6.03. The lowest BCUT2D eigenvalue weighted by Gasteiger charge is -2.23. The SMILES string of the molecule is CC(CCC1CCCCC1)CC[C@H](CN)C(=O)O. The van der Waals surface area contributed by atoms with Crippen LogP contribution in [0.2, 0.25) is 0 Å². The smallest absolute Gasteiger partial charge is 0.307 e. The van der Waals surface area contributed by atoms with Crippen molar-refractivity contribution in [1.82, 2.24) is 0 Å². The van der Waals surface area contributed by atoms with Crippen LogP contribution in [-0.4, -0.2) is 17.6 Å². The van der Waals surface area contributed by atoms with Gasteiger partial charge in [-0.05, 0) is 24.7 Å². The zero-order valence-electron chi connectivity index (χ0n) is 11.7. The lowest BCUT2D eigenvalue weighted by molar-refractivity contribution is -0.141. The molecule has 3 N–H and O–H groups in total. The van der Waals surface area contributed by atoms with Crippen molar-refractivity contribution in [3.63, 3.8) is 0 Å². The Balaban J connectivity index is 2.12. The average Bonchev–Trinajstić information content (AvgIpc) is 2.38. The van der Waals surface area contributed by atoms with Crippen LogP contribution in [0.25, 0.3) is 0 Å². The molecule has 0 aromatic heterocycles. The van der Waals surface area contributed by atoms with Gasteiger partial charge in [-0.2, -0.15) is 0 Å². The summed E-state index contributed by atoms with van der Waals surface area (Å²) in [6, 6.07) is 0. The minimum atomic E-state index is -0.739. The Morgan fingerprint density at radius 1 is 1.22 bits per heavy atom. The topological polar surface area (TPSA) is 63.3 Å². The van der Waals surface area contributed by atoms with Crippen molar-refractivity contribution in [3.8, 4) is 0 Å². The van der Waals surface area contributed by atoms with Gasteiger partial charge in [-0.1, -0.05) is 51.9 Å². The highest BCUT2D eigenvalue weighted by atomic mass is 16.4. The second kappa shape index (κ2) is 8.52. The van der Waals surface area contributed by atoms with Crippen molar-refractivity contribution >= 4 is 5.97 Å². The highest BCUT2D eigenvalue weighted by Gasteiger charge is 2.18. The number of hydrogen-bond acceptors (Lipinski definition) is 2. The minimum absolute atomic E-state index is 0.269. The summed E-state index contributed by atoms with van der Waals surface area (Å²) in [6.07, 6.45) is 11.4. The van der Waals surface area contributed by atoms with Crippen LogP contribution in [0.4, 0.5) is 0 Å². The first-order valence-corrected chi connectivity index (χ1v) is 7.56. The number of carbonyl (C=O) groups is 1. The lowest BCUT2D eigenvalue weighted by atomic mass is 9.83. The molecule has 0 aromatic rings. The molecule has 0 radical (unpaired) electrons. The molecular weight excluding hydrogens is 226 g/mol. The van der Waals surface area contributed by atoms with Gasteiger partial charge in [0, 0.05) is 6.54 Å². The van der Waals surface area contributed by atoms with E-state index in [1.807, 2.05) is 0 Å². The molecule has 1 aliphatic carbocycles. The fourth-order valence-corrected chi connectivity index (χ4v) is 2.97. The van der Waals surface area contributed by atoms with Crippen molar-refractivity contribution in [3.05, 3.63) is 0 Å². The maximum atomic E-state index is 10.9. The molecule has 0 amide bonds. The van der Waals surface area contributed by atoms with Gasteiger partial charge in [-0.25, -0.2) is 0 Å². The van der Waals surface area contributed by atoms with E-state index >= 15 is 0 Å². The molecule has 1 aliphatic rings. The molecule has 0 heterocycles. The van der Waals surface area contributed by atoms with Gasteiger partial charge in [0.25, 0.3) is 0 Å². The van der Waals surface area contributed by atoms with Crippen LogP contribution >= 0.6 is 0 Å². The number of carboxylic acids is 1. The Morgan fingerprint density at radius 2 is 1.89 bits per heavy atom. The summed E-state index contributed by atoms with van der Waals surface area (Å²) in [4.78, 5) is 10.9. The molecule has 106 valence electrons. The summed E-state index contributed by atoms with van der Waals surface area (Å²) in [5, 5.41) is 8.94. The first kappa shape index (κ1) is 15.5. The standard InChI is InChI=1S/C15H29NO2/c1-12(8-10-14(11-16)15(17)18)7-9-13-5-3-2-4-6-13/h12-14H,2-11,16H2,1H3,(H,17,18)/t12?,14-/m1/s1. The van der Waals surface area contributed by atoms with Crippen molar-refractivity contribution in [2.75, 3.05) is 6.54 Å². The number of hydrogen-bond donors (Lipinski definition) is 2. The van der Waals surface area contributed by atoms with Crippen LogP contribution in [-0.2, 0) is 4.79 Å². The van der Waals surface area contributed by atoms with Crippen molar-refractivity contribution < 1.29 is 9.90 Å². The zero-order valence-corrected chi connectivity index (χ0v) is 11.7. The number of aliphatic carboxylic acids is 1. The van der Waals surface area contributed by atoms with E-state index in [1.54, 1.807) is 0 Å². The van der Waals surface area contributed by atoms with Gasteiger partial charge in [-0.3, -0.25) is 4.79 Å². The number of rotatable bonds is 8. The first-order chi connectivity index (χ1) is 8.63. The van der Waals surface area contributed by atoms with Gasteiger partial charge >= 0.3 is 5.97 Å². The van der Waals surface area contributed by atoms with E-state index < -0.39 is 5.97 Å². The molecule has 0 aromatic carbocycles. The molecule has 0 bridgehead atoms. The van der Waals surface area contributed by atoms with Gasteiger partial charge < -0.3 is 10.8 Å². The van der Waals surface area contributed by atoms with Crippen LogP contribution in [0.15, 0.2) is 0 Å². The number of carboxylic acid groups (broad SMARTS) is 1. The molecule has 1 unspecified atom stereocenters. The Labute approximate surface area is 111 Å². The zero-order chi connectivity index (χ0) is 13.4. The maximum Gasteiger partial charge on any atom is 0.307 e. The van der Waals surface area contributed by atoms with Crippen LogP contribution in [0.3, 0.4) is 0 Å². The van der Waals surface area contributed by atoms with Crippen LogP contribution < -0.4 is 5.73 Å². The Hall–Kier alpha value is -0.570. The highest BCUT2D eigenvalue weighted by Crippen LogP contribution is 2.29. The quantitative estimate of drug-likeness (QED) is 0.698. The van der Waals surface area contributed by atoms with Gasteiger partial charge in [0.1, 0.15) is 0 Å².